The molecule has 1 N–H and O–H groups in total. The highest BCUT2D eigenvalue weighted by Crippen LogP contribution is 2.24. The lowest BCUT2D eigenvalue weighted by atomic mass is 10.2. The fourth-order valence-electron chi connectivity index (χ4n) is 3.03. The fourth-order valence-corrected chi connectivity index (χ4v) is 3.03. The minimum absolute atomic E-state index is 0.216. The lowest BCUT2D eigenvalue weighted by Gasteiger charge is -2.28. The molecule has 0 unspecified atom stereocenters. The molecule has 1 aliphatic heterocycles. The Morgan fingerprint density at radius 3 is 2.24 bits per heavy atom. The zero-order valence-electron chi connectivity index (χ0n) is 17.0. The summed E-state index contributed by atoms with van der Waals surface area (Å²) < 4.78 is 5.42. The van der Waals surface area contributed by atoms with E-state index < -0.39 is 17.7 Å². The molecule has 0 bridgehead atoms. The number of hydrogen-bond donors (Lipinski definition) is 1. The number of ether oxygens (including phenoxy) is 1. The lowest BCUT2D eigenvalue weighted by Crippen LogP contribution is -2.45. The van der Waals surface area contributed by atoms with E-state index in [9.17, 15) is 9.59 Å². The Morgan fingerprint density at radius 1 is 1.00 bits per heavy atom. The van der Waals surface area contributed by atoms with Crippen LogP contribution in [0.5, 0.6) is 0 Å². The van der Waals surface area contributed by atoms with Crippen LogP contribution in [0.15, 0.2) is 64.8 Å². The summed E-state index contributed by atoms with van der Waals surface area (Å²) in [6.45, 7) is 5.96. The third-order valence-corrected chi connectivity index (χ3v) is 4.36. The van der Waals surface area contributed by atoms with Crippen molar-refractivity contribution < 1.29 is 14.3 Å². The number of nitrogens with zero attached hydrogens (tertiary/aromatic N) is 3. The standard InChI is InChI=1S/C22H26N4O3/c1-22(2,3)29-21(28)26-15-7-10-19(26)20(27)23-16-11-13-18(14-12-16)25-24-17-8-5-4-6-9-17/h4-6,8-9,11-14,19H,7,10,15H2,1-3H3,(H,23,27)/t19-/m0/s1. The molecule has 2 aromatic carbocycles. The molecule has 1 atom stereocenters. The summed E-state index contributed by atoms with van der Waals surface area (Å²) in [5.41, 5.74) is 1.51. The first-order chi connectivity index (χ1) is 13.8. The van der Waals surface area contributed by atoms with Crippen molar-refractivity contribution in [3.8, 4) is 0 Å². The minimum Gasteiger partial charge on any atom is -0.444 e. The number of likely N-dealkylation sites (tertiary alicyclic amines) is 1. The largest absolute Gasteiger partial charge is 0.444 e. The van der Waals surface area contributed by atoms with E-state index in [1.54, 1.807) is 24.3 Å². The van der Waals surface area contributed by atoms with Crippen LogP contribution in [-0.4, -0.2) is 35.1 Å². The maximum Gasteiger partial charge on any atom is 0.410 e. The normalized spacial score (nSPS) is 16.8. The SMILES string of the molecule is CC(C)(C)OC(=O)N1CCC[C@H]1C(=O)Nc1ccc(N=Nc2ccccc2)cc1. The molecule has 7 heteroatoms. The molecule has 1 aliphatic rings. The summed E-state index contributed by atoms with van der Waals surface area (Å²) in [5.74, 6) is -0.216. The van der Waals surface area contributed by atoms with Crippen molar-refractivity contribution in [2.45, 2.75) is 45.3 Å². The molecule has 0 saturated carbocycles. The minimum atomic E-state index is -0.592. The lowest BCUT2D eigenvalue weighted by molar-refractivity contribution is -0.120. The average Bonchev–Trinajstić information content (AvgIpc) is 3.17. The van der Waals surface area contributed by atoms with Gasteiger partial charge in [-0.1, -0.05) is 18.2 Å². The third-order valence-electron chi connectivity index (χ3n) is 4.36. The first-order valence-electron chi connectivity index (χ1n) is 9.69. The van der Waals surface area contributed by atoms with Gasteiger partial charge in [0.25, 0.3) is 0 Å². The number of benzene rings is 2. The quantitative estimate of drug-likeness (QED) is 0.701. The van der Waals surface area contributed by atoms with E-state index in [1.807, 2.05) is 51.1 Å². The van der Waals surface area contributed by atoms with Gasteiger partial charge in [0.15, 0.2) is 0 Å². The molecule has 1 fully saturated rings. The molecule has 0 aliphatic carbocycles. The molecular formula is C22H26N4O3. The van der Waals surface area contributed by atoms with Crippen LogP contribution in [0.25, 0.3) is 0 Å². The second-order valence-electron chi connectivity index (χ2n) is 7.90. The maximum absolute atomic E-state index is 12.7. The second-order valence-corrected chi connectivity index (χ2v) is 7.90. The van der Waals surface area contributed by atoms with Gasteiger partial charge in [-0.2, -0.15) is 10.2 Å². The number of nitrogens with one attached hydrogen (secondary N) is 1. The first kappa shape index (κ1) is 20.5. The number of anilines is 1. The van der Waals surface area contributed by atoms with Gasteiger partial charge in [0.1, 0.15) is 11.6 Å². The summed E-state index contributed by atoms with van der Waals surface area (Å²) in [4.78, 5) is 26.6. The molecule has 2 amide bonds. The molecule has 0 spiro atoms. The number of carbonyl (C=O) groups excluding carboxylic acids is 2. The molecule has 152 valence electrons. The second kappa shape index (κ2) is 8.86. The summed E-state index contributed by atoms with van der Waals surface area (Å²) in [7, 11) is 0. The van der Waals surface area contributed by atoms with Gasteiger partial charge in [0.2, 0.25) is 5.91 Å². The van der Waals surface area contributed by atoms with Gasteiger partial charge >= 0.3 is 6.09 Å². The summed E-state index contributed by atoms with van der Waals surface area (Å²) >= 11 is 0. The Morgan fingerprint density at radius 2 is 1.62 bits per heavy atom. The molecule has 1 saturated heterocycles. The highest BCUT2D eigenvalue weighted by atomic mass is 16.6. The Bertz CT molecular complexity index is 873. The van der Waals surface area contributed by atoms with Gasteiger partial charge in [-0.3, -0.25) is 9.69 Å². The van der Waals surface area contributed by atoms with E-state index >= 15 is 0 Å². The van der Waals surface area contributed by atoms with Gasteiger partial charge in [0.05, 0.1) is 11.4 Å². The molecule has 0 aromatic heterocycles. The van der Waals surface area contributed by atoms with Gasteiger partial charge in [0, 0.05) is 12.2 Å². The zero-order valence-corrected chi connectivity index (χ0v) is 17.0. The third kappa shape index (κ3) is 5.88. The van der Waals surface area contributed by atoms with Gasteiger partial charge in [-0.25, -0.2) is 4.79 Å². The Kier molecular flexibility index (Phi) is 6.26. The van der Waals surface area contributed by atoms with Gasteiger partial charge in [-0.05, 0) is 70.0 Å². The smallest absolute Gasteiger partial charge is 0.410 e. The zero-order chi connectivity index (χ0) is 20.9. The van der Waals surface area contributed by atoms with E-state index in [-0.39, 0.29) is 5.91 Å². The first-order valence-corrected chi connectivity index (χ1v) is 9.69. The van der Waals surface area contributed by atoms with Crippen LogP contribution >= 0.6 is 0 Å². The summed E-state index contributed by atoms with van der Waals surface area (Å²) in [5, 5.41) is 11.2. The number of amides is 2. The Labute approximate surface area is 170 Å². The van der Waals surface area contributed by atoms with Crippen molar-refractivity contribution in [3.63, 3.8) is 0 Å². The number of carbonyl (C=O) groups is 2. The Hall–Kier alpha value is -3.22. The predicted octanol–water partition coefficient (Wildman–Crippen LogP) is 5.44. The molecular weight excluding hydrogens is 368 g/mol. The topological polar surface area (TPSA) is 83.4 Å². The monoisotopic (exact) mass is 394 g/mol. The van der Waals surface area contributed by atoms with Crippen LogP contribution in [0.2, 0.25) is 0 Å². The summed E-state index contributed by atoms with van der Waals surface area (Å²) in [6.07, 6.45) is 0.941. The number of hydrogen-bond acceptors (Lipinski definition) is 5. The van der Waals surface area contributed by atoms with Crippen LogP contribution in [0.4, 0.5) is 21.9 Å². The van der Waals surface area contributed by atoms with Gasteiger partial charge in [-0.15, -0.1) is 0 Å². The highest BCUT2D eigenvalue weighted by Gasteiger charge is 2.36. The van der Waals surface area contributed by atoms with Crippen LogP contribution in [0.3, 0.4) is 0 Å². The highest BCUT2D eigenvalue weighted by molar-refractivity contribution is 5.97. The van der Waals surface area contributed by atoms with E-state index in [2.05, 4.69) is 15.5 Å². The molecule has 7 nitrogen and oxygen atoms in total. The number of rotatable bonds is 4. The van der Waals surface area contributed by atoms with Gasteiger partial charge < -0.3 is 10.1 Å². The Balaban J connectivity index is 1.60. The van der Waals surface area contributed by atoms with Crippen molar-refractivity contribution in [3.05, 3.63) is 54.6 Å². The van der Waals surface area contributed by atoms with Crippen LogP contribution in [0, 0.1) is 0 Å². The van der Waals surface area contributed by atoms with Crippen LogP contribution < -0.4 is 5.32 Å². The van der Waals surface area contributed by atoms with Crippen molar-refractivity contribution in [2.24, 2.45) is 10.2 Å². The predicted molar refractivity (Wildman–Crippen MR) is 112 cm³/mol. The van der Waals surface area contributed by atoms with Crippen molar-refractivity contribution >= 4 is 29.1 Å². The van der Waals surface area contributed by atoms with E-state index in [1.165, 1.54) is 4.90 Å². The molecule has 1 heterocycles. The summed E-state index contributed by atoms with van der Waals surface area (Å²) in [6, 6.07) is 16.0. The van der Waals surface area contributed by atoms with E-state index in [0.29, 0.717) is 24.3 Å². The van der Waals surface area contributed by atoms with Crippen molar-refractivity contribution in [2.75, 3.05) is 11.9 Å². The fraction of sp³-hybridized carbons (Fsp3) is 0.364. The molecule has 3 rings (SSSR count). The maximum atomic E-state index is 12.7. The van der Waals surface area contributed by atoms with Crippen LogP contribution in [-0.2, 0) is 9.53 Å². The average molecular weight is 394 g/mol. The van der Waals surface area contributed by atoms with Crippen molar-refractivity contribution in [1.29, 1.82) is 0 Å². The number of azo groups is 1. The van der Waals surface area contributed by atoms with Crippen LogP contribution in [0.1, 0.15) is 33.6 Å². The van der Waals surface area contributed by atoms with E-state index in [0.717, 1.165) is 12.1 Å². The van der Waals surface area contributed by atoms with Crippen molar-refractivity contribution in [1.82, 2.24) is 4.90 Å². The molecule has 2 aromatic rings. The molecule has 29 heavy (non-hydrogen) atoms. The van der Waals surface area contributed by atoms with E-state index in [4.69, 9.17) is 4.74 Å². The molecule has 0 radical (unpaired) electrons.